The number of hydrogen-bond donors (Lipinski definition) is 2. The second kappa shape index (κ2) is 7.94. The van der Waals surface area contributed by atoms with Crippen LogP contribution in [-0.4, -0.2) is 29.3 Å². The molecule has 0 fully saturated rings. The Labute approximate surface area is 119 Å². The summed E-state index contributed by atoms with van der Waals surface area (Å²) in [5.41, 5.74) is 0.453. The van der Waals surface area contributed by atoms with E-state index in [9.17, 15) is 28.4 Å². The van der Waals surface area contributed by atoms with E-state index in [-0.39, 0.29) is 18.7 Å². The number of nitro groups is 1. The zero-order valence-corrected chi connectivity index (χ0v) is 11.3. The van der Waals surface area contributed by atoms with Crippen LogP contribution in [0.1, 0.15) is 30.9 Å². The van der Waals surface area contributed by atoms with Crippen LogP contribution in [-0.2, 0) is 0 Å². The number of hydrogen-bond acceptors (Lipinski definition) is 4. The molecule has 0 aromatic heterocycles. The number of benzene rings is 1. The van der Waals surface area contributed by atoms with Crippen molar-refractivity contribution >= 4 is 5.69 Å². The lowest BCUT2D eigenvalue weighted by atomic mass is 10.1. The summed E-state index contributed by atoms with van der Waals surface area (Å²) < 4.78 is 35.7. The molecule has 0 spiro atoms. The van der Waals surface area contributed by atoms with E-state index in [1.54, 1.807) is 0 Å². The smallest absolute Gasteiger partial charge is 0.387 e. The molecule has 1 aromatic carbocycles. The number of nitrogens with one attached hydrogen (secondary N) is 1. The van der Waals surface area contributed by atoms with Crippen molar-refractivity contribution in [3.63, 3.8) is 0 Å². The number of halogens is 3. The first kappa shape index (κ1) is 17.4. The van der Waals surface area contributed by atoms with Crippen LogP contribution in [0, 0.1) is 10.1 Å². The quantitative estimate of drug-likeness (QED) is 0.440. The summed E-state index contributed by atoms with van der Waals surface area (Å²) in [4.78, 5) is 9.94. The van der Waals surface area contributed by atoms with Crippen LogP contribution in [0.3, 0.4) is 0 Å². The largest absolute Gasteiger partial charge is 0.389 e. The van der Waals surface area contributed by atoms with Gasteiger partial charge < -0.3 is 10.4 Å². The first-order valence-electron chi connectivity index (χ1n) is 6.49. The van der Waals surface area contributed by atoms with E-state index in [1.165, 1.54) is 24.3 Å². The molecular formula is C13H17F3N2O3. The minimum atomic E-state index is -4.13. The van der Waals surface area contributed by atoms with Gasteiger partial charge in [0.2, 0.25) is 0 Å². The van der Waals surface area contributed by atoms with Gasteiger partial charge in [0.15, 0.2) is 0 Å². The average molecular weight is 306 g/mol. The molecule has 0 bridgehead atoms. The third-order valence-electron chi connectivity index (χ3n) is 2.89. The van der Waals surface area contributed by atoms with E-state index in [0.29, 0.717) is 18.5 Å². The third-order valence-corrected chi connectivity index (χ3v) is 2.89. The Balaban J connectivity index is 2.24. The Morgan fingerprint density at radius 3 is 2.38 bits per heavy atom. The van der Waals surface area contributed by atoms with Crippen molar-refractivity contribution in [1.82, 2.24) is 5.32 Å². The van der Waals surface area contributed by atoms with E-state index >= 15 is 0 Å². The van der Waals surface area contributed by atoms with Crippen LogP contribution < -0.4 is 5.32 Å². The molecule has 0 aliphatic carbocycles. The maximum atomic E-state index is 11.9. The van der Waals surface area contributed by atoms with Crippen LogP contribution in [0.5, 0.6) is 0 Å². The maximum Gasteiger partial charge on any atom is 0.389 e. The zero-order chi connectivity index (χ0) is 15.9. The fourth-order valence-corrected chi connectivity index (χ4v) is 1.75. The number of rotatable bonds is 8. The summed E-state index contributed by atoms with van der Waals surface area (Å²) >= 11 is 0. The maximum absolute atomic E-state index is 11.9. The van der Waals surface area contributed by atoms with Crippen molar-refractivity contribution in [3.05, 3.63) is 39.9 Å². The second-order valence-electron chi connectivity index (χ2n) is 4.64. The van der Waals surface area contributed by atoms with Crippen LogP contribution in [0.15, 0.2) is 24.3 Å². The van der Waals surface area contributed by atoms with Crippen molar-refractivity contribution in [2.75, 3.05) is 13.1 Å². The number of nitrogens with zero attached hydrogens (tertiary/aromatic N) is 1. The molecule has 0 saturated heterocycles. The molecule has 0 heterocycles. The molecule has 0 amide bonds. The van der Waals surface area contributed by atoms with Crippen molar-refractivity contribution < 1.29 is 23.2 Å². The molecule has 0 aliphatic heterocycles. The Hall–Kier alpha value is -1.67. The molecular weight excluding hydrogens is 289 g/mol. The van der Waals surface area contributed by atoms with Crippen molar-refractivity contribution in [2.24, 2.45) is 0 Å². The Bertz CT molecular complexity index is 449. The Kier molecular flexibility index (Phi) is 6.57. The van der Waals surface area contributed by atoms with Gasteiger partial charge in [0.1, 0.15) is 0 Å². The van der Waals surface area contributed by atoms with E-state index in [0.717, 1.165) is 0 Å². The minimum Gasteiger partial charge on any atom is -0.387 e. The van der Waals surface area contributed by atoms with Gasteiger partial charge in [-0.3, -0.25) is 10.1 Å². The molecule has 0 aliphatic rings. The summed E-state index contributed by atoms with van der Waals surface area (Å²) in [6, 6.07) is 5.49. The molecule has 1 aromatic rings. The molecule has 118 valence electrons. The molecule has 0 saturated carbocycles. The van der Waals surface area contributed by atoms with E-state index in [2.05, 4.69) is 5.32 Å². The molecule has 1 atom stereocenters. The zero-order valence-electron chi connectivity index (χ0n) is 11.3. The van der Waals surface area contributed by atoms with Gasteiger partial charge in [0.25, 0.3) is 5.69 Å². The normalized spacial score (nSPS) is 13.1. The van der Waals surface area contributed by atoms with Crippen LogP contribution >= 0.6 is 0 Å². The van der Waals surface area contributed by atoms with Crippen LogP contribution in [0.4, 0.5) is 18.9 Å². The van der Waals surface area contributed by atoms with Gasteiger partial charge in [-0.05, 0) is 37.1 Å². The molecule has 8 heteroatoms. The molecule has 1 rings (SSSR count). The highest BCUT2D eigenvalue weighted by Gasteiger charge is 2.25. The minimum absolute atomic E-state index is 0.0458. The van der Waals surface area contributed by atoms with Crippen LogP contribution in [0.2, 0.25) is 0 Å². The third kappa shape index (κ3) is 7.05. The van der Waals surface area contributed by atoms with Crippen molar-refractivity contribution in [2.45, 2.75) is 31.5 Å². The van der Waals surface area contributed by atoms with E-state index in [4.69, 9.17) is 0 Å². The monoisotopic (exact) mass is 306 g/mol. The van der Waals surface area contributed by atoms with Gasteiger partial charge in [-0.2, -0.15) is 13.2 Å². The van der Waals surface area contributed by atoms with Gasteiger partial charge in [-0.1, -0.05) is 0 Å². The van der Waals surface area contributed by atoms with E-state index < -0.39 is 23.6 Å². The van der Waals surface area contributed by atoms with Gasteiger partial charge in [0, 0.05) is 25.1 Å². The summed E-state index contributed by atoms with van der Waals surface area (Å²) in [7, 11) is 0. The number of aliphatic hydroxyl groups is 1. The first-order chi connectivity index (χ1) is 9.79. The highest BCUT2D eigenvalue weighted by Crippen LogP contribution is 2.22. The van der Waals surface area contributed by atoms with Crippen molar-refractivity contribution in [3.8, 4) is 0 Å². The number of aliphatic hydroxyl groups excluding tert-OH is 1. The lowest BCUT2D eigenvalue weighted by Gasteiger charge is -2.12. The lowest BCUT2D eigenvalue weighted by Crippen LogP contribution is -2.22. The molecule has 2 N–H and O–H groups in total. The van der Waals surface area contributed by atoms with E-state index in [1.807, 2.05) is 0 Å². The van der Waals surface area contributed by atoms with Gasteiger partial charge in [-0.25, -0.2) is 0 Å². The molecule has 5 nitrogen and oxygen atoms in total. The second-order valence-corrected chi connectivity index (χ2v) is 4.64. The number of nitro benzene ring substituents is 1. The summed E-state index contributed by atoms with van der Waals surface area (Å²) in [6.45, 7) is 0.559. The first-order valence-corrected chi connectivity index (χ1v) is 6.49. The lowest BCUT2D eigenvalue weighted by molar-refractivity contribution is -0.384. The Morgan fingerprint density at radius 2 is 1.86 bits per heavy atom. The topological polar surface area (TPSA) is 75.4 Å². The molecule has 21 heavy (non-hydrogen) atoms. The van der Waals surface area contributed by atoms with Gasteiger partial charge in [0.05, 0.1) is 11.0 Å². The van der Waals surface area contributed by atoms with Gasteiger partial charge in [-0.15, -0.1) is 0 Å². The standard InChI is InChI=1S/C13H17F3N2O3/c14-13(15,16)7-1-2-8-17-9-12(19)10-3-5-11(6-4-10)18(20)21/h3-6,12,17,19H,1-2,7-9H2. The number of unbranched alkanes of at least 4 members (excludes halogenated alkanes) is 1. The van der Waals surface area contributed by atoms with Crippen LogP contribution in [0.25, 0.3) is 0 Å². The molecule has 0 radical (unpaired) electrons. The van der Waals surface area contributed by atoms with Crippen molar-refractivity contribution in [1.29, 1.82) is 0 Å². The fraction of sp³-hybridized carbons (Fsp3) is 0.538. The Morgan fingerprint density at radius 1 is 1.24 bits per heavy atom. The van der Waals surface area contributed by atoms with Gasteiger partial charge >= 0.3 is 6.18 Å². The summed E-state index contributed by atoms with van der Waals surface area (Å²) in [6.07, 6.45) is -5.37. The SMILES string of the molecule is O=[N+]([O-])c1ccc(C(O)CNCCCCC(F)(F)F)cc1. The molecule has 1 unspecified atom stereocenters. The summed E-state index contributed by atoms with van der Waals surface area (Å²) in [5.74, 6) is 0. The number of non-ortho nitro benzene ring substituents is 1. The average Bonchev–Trinajstić information content (AvgIpc) is 2.41. The fourth-order valence-electron chi connectivity index (χ4n) is 1.75. The highest BCUT2D eigenvalue weighted by molar-refractivity contribution is 5.33. The highest BCUT2D eigenvalue weighted by atomic mass is 19.4. The number of alkyl halides is 3. The predicted molar refractivity (Wildman–Crippen MR) is 70.8 cm³/mol. The predicted octanol–water partition coefficient (Wildman–Crippen LogP) is 2.95. The summed E-state index contributed by atoms with van der Waals surface area (Å²) in [5, 5.41) is 23.2.